The molecule has 1 amide bonds. The Hall–Kier alpha value is -2.70. The summed E-state index contributed by atoms with van der Waals surface area (Å²) < 4.78 is 1.87. The van der Waals surface area contributed by atoms with Crippen molar-refractivity contribution in [1.29, 1.82) is 0 Å². The lowest BCUT2D eigenvalue weighted by Crippen LogP contribution is -2.38. The van der Waals surface area contributed by atoms with Gasteiger partial charge in [-0.3, -0.25) is 10.1 Å². The lowest BCUT2D eigenvalue weighted by atomic mass is 9.90. The number of fused-ring (bicyclic) bond motifs is 1. The number of hydrogen-bond donors (Lipinski definition) is 2. The number of rotatable bonds is 4. The summed E-state index contributed by atoms with van der Waals surface area (Å²) >= 11 is 0. The van der Waals surface area contributed by atoms with Crippen LogP contribution in [0.25, 0.3) is 16.6 Å². The van der Waals surface area contributed by atoms with Gasteiger partial charge in [0.25, 0.3) is 0 Å². The van der Waals surface area contributed by atoms with Gasteiger partial charge < -0.3 is 10.0 Å². The third-order valence-corrected chi connectivity index (χ3v) is 5.93. The van der Waals surface area contributed by atoms with Crippen LogP contribution in [0.1, 0.15) is 63.8 Å². The van der Waals surface area contributed by atoms with Gasteiger partial charge in [-0.2, -0.15) is 5.10 Å². The average molecular weight is 421 g/mol. The largest absolute Gasteiger partial charge is 0.374 e. The van der Waals surface area contributed by atoms with Gasteiger partial charge in [-0.25, -0.2) is 4.68 Å². The second-order valence-electron chi connectivity index (χ2n) is 9.55. The molecule has 3 aromatic rings. The number of carbonyl (C=O) groups excluding carboxylic acids is 1. The Kier molecular flexibility index (Phi) is 5.86. The van der Waals surface area contributed by atoms with Crippen LogP contribution >= 0.6 is 0 Å². The zero-order valence-corrected chi connectivity index (χ0v) is 18.8. The van der Waals surface area contributed by atoms with Crippen molar-refractivity contribution in [3.05, 3.63) is 59.8 Å². The number of aromatic nitrogens is 2. The molecule has 1 unspecified atom stereocenters. The molecule has 1 fully saturated rings. The van der Waals surface area contributed by atoms with Crippen LogP contribution in [0.4, 0.5) is 0 Å². The fourth-order valence-electron chi connectivity index (χ4n) is 4.34. The molecule has 2 aromatic carbocycles. The van der Waals surface area contributed by atoms with Gasteiger partial charge in [-0.15, -0.1) is 0 Å². The summed E-state index contributed by atoms with van der Waals surface area (Å²) in [5.74, 6) is 0.539. The Morgan fingerprint density at radius 3 is 2.61 bits per heavy atom. The summed E-state index contributed by atoms with van der Waals surface area (Å²) in [7, 11) is 0. The summed E-state index contributed by atoms with van der Waals surface area (Å²) in [5, 5.41) is 19.7. The maximum Gasteiger partial charge on any atom is 0.219 e. The molecular formula is C25H32N4O2. The maximum absolute atomic E-state index is 11.7. The van der Waals surface area contributed by atoms with Crippen molar-refractivity contribution in [2.24, 2.45) is 0 Å². The SMILES string of the molecule is CC(=O)N1CCC[C@@H](c2ccc(-n3cc4cccc(C(O)NC(C)(C)C)c4n3)cc2)C1. The van der Waals surface area contributed by atoms with Crippen LogP contribution in [-0.2, 0) is 4.79 Å². The van der Waals surface area contributed by atoms with Crippen molar-refractivity contribution >= 4 is 16.8 Å². The topological polar surface area (TPSA) is 70.4 Å². The Bertz CT molecular complexity index is 1070. The van der Waals surface area contributed by atoms with Crippen molar-refractivity contribution in [1.82, 2.24) is 20.0 Å². The summed E-state index contributed by atoms with van der Waals surface area (Å²) in [6, 6.07) is 14.3. The first-order valence-electron chi connectivity index (χ1n) is 11.0. The molecule has 4 rings (SSSR count). The summed E-state index contributed by atoms with van der Waals surface area (Å²) in [5.41, 5.74) is 3.59. The minimum atomic E-state index is -0.787. The normalized spacial score (nSPS) is 18.4. The highest BCUT2D eigenvalue weighted by Gasteiger charge is 2.23. The van der Waals surface area contributed by atoms with Crippen molar-refractivity contribution in [2.75, 3.05) is 13.1 Å². The minimum Gasteiger partial charge on any atom is -0.374 e. The average Bonchev–Trinajstić information content (AvgIpc) is 3.17. The second kappa shape index (κ2) is 8.44. The predicted octanol–water partition coefficient (Wildman–Crippen LogP) is 4.13. The highest BCUT2D eigenvalue weighted by molar-refractivity contribution is 5.82. The lowest BCUT2D eigenvalue weighted by molar-refractivity contribution is -0.130. The Morgan fingerprint density at radius 2 is 1.94 bits per heavy atom. The monoisotopic (exact) mass is 420 g/mol. The molecule has 1 aromatic heterocycles. The third-order valence-electron chi connectivity index (χ3n) is 5.93. The number of hydrogen-bond acceptors (Lipinski definition) is 4. The molecule has 2 heterocycles. The summed E-state index contributed by atoms with van der Waals surface area (Å²) in [6.07, 6.45) is 3.36. The number of aliphatic hydroxyl groups is 1. The van der Waals surface area contributed by atoms with E-state index in [2.05, 4.69) is 29.6 Å². The number of nitrogens with zero attached hydrogens (tertiary/aromatic N) is 3. The van der Waals surface area contributed by atoms with Crippen LogP contribution in [0.2, 0.25) is 0 Å². The second-order valence-corrected chi connectivity index (χ2v) is 9.55. The molecule has 0 radical (unpaired) electrons. The van der Waals surface area contributed by atoms with Crippen molar-refractivity contribution < 1.29 is 9.90 Å². The van der Waals surface area contributed by atoms with Gasteiger partial charge in [-0.05, 0) is 51.3 Å². The highest BCUT2D eigenvalue weighted by atomic mass is 16.3. The highest BCUT2D eigenvalue weighted by Crippen LogP contribution is 2.29. The van der Waals surface area contributed by atoms with Gasteiger partial charge in [0, 0.05) is 48.6 Å². The molecular weight excluding hydrogens is 388 g/mol. The van der Waals surface area contributed by atoms with E-state index in [0.29, 0.717) is 5.92 Å². The van der Waals surface area contributed by atoms with E-state index in [1.54, 1.807) is 6.92 Å². The molecule has 0 bridgehead atoms. The van der Waals surface area contributed by atoms with E-state index in [9.17, 15) is 9.90 Å². The van der Waals surface area contributed by atoms with Gasteiger partial charge >= 0.3 is 0 Å². The Balaban J connectivity index is 1.58. The van der Waals surface area contributed by atoms with E-state index in [-0.39, 0.29) is 11.4 Å². The molecule has 1 aliphatic heterocycles. The van der Waals surface area contributed by atoms with Crippen LogP contribution in [0, 0.1) is 0 Å². The van der Waals surface area contributed by atoms with E-state index >= 15 is 0 Å². The zero-order chi connectivity index (χ0) is 22.2. The Morgan fingerprint density at radius 1 is 1.19 bits per heavy atom. The number of piperidine rings is 1. The van der Waals surface area contributed by atoms with E-state index < -0.39 is 6.23 Å². The number of nitrogens with one attached hydrogen (secondary N) is 1. The minimum absolute atomic E-state index is 0.156. The standard InChI is InChI=1S/C25H32N4O2/c1-17(30)28-14-6-8-19(15-28)18-10-12-21(13-11-18)29-16-20-7-5-9-22(23(20)27-29)24(31)26-25(2,3)4/h5,7,9-13,16,19,24,26,31H,6,8,14-15H2,1-4H3/t19-,24?/m1/s1. The fraction of sp³-hybridized carbons (Fsp3) is 0.440. The van der Waals surface area contributed by atoms with Crippen LogP contribution in [0.3, 0.4) is 0 Å². The lowest BCUT2D eigenvalue weighted by Gasteiger charge is -2.32. The predicted molar refractivity (Wildman–Crippen MR) is 123 cm³/mol. The van der Waals surface area contributed by atoms with Gasteiger partial charge in [0.1, 0.15) is 6.23 Å². The summed E-state index contributed by atoms with van der Waals surface area (Å²) in [6.45, 7) is 9.38. The van der Waals surface area contributed by atoms with E-state index in [1.165, 1.54) is 5.56 Å². The molecule has 0 aliphatic carbocycles. The number of amides is 1. The number of aliphatic hydroxyl groups excluding tert-OH is 1. The number of likely N-dealkylation sites (tertiary alicyclic amines) is 1. The molecule has 6 heteroatoms. The Labute approximate surface area is 183 Å². The van der Waals surface area contributed by atoms with Crippen LogP contribution in [0.5, 0.6) is 0 Å². The van der Waals surface area contributed by atoms with Gasteiger partial charge in [-0.1, -0.05) is 30.3 Å². The fourth-order valence-corrected chi connectivity index (χ4v) is 4.34. The number of carbonyl (C=O) groups is 1. The van der Waals surface area contributed by atoms with Crippen LogP contribution < -0.4 is 5.32 Å². The zero-order valence-electron chi connectivity index (χ0n) is 18.8. The molecule has 1 aliphatic rings. The molecule has 6 nitrogen and oxygen atoms in total. The molecule has 1 saturated heterocycles. The van der Waals surface area contributed by atoms with Crippen molar-refractivity contribution in [3.8, 4) is 5.69 Å². The third kappa shape index (κ3) is 4.81. The molecule has 164 valence electrons. The first kappa shape index (κ1) is 21.5. The first-order valence-corrected chi connectivity index (χ1v) is 11.0. The van der Waals surface area contributed by atoms with Crippen LogP contribution in [-0.4, -0.2) is 44.3 Å². The van der Waals surface area contributed by atoms with E-state index in [1.807, 2.05) is 54.7 Å². The quantitative estimate of drug-likeness (QED) is 0.623. The molecule has 0 saturated carbocycles. The van der Waals surface area contributed by atoms with Crippen LogP contribution in [0.15, 0.2) is 48.7 Å². The van der Waals surface area contributed by atoms with Gasteiger partial charge in [0.05, 0.1) is 11.2 Å². The van der Waals surface area contributed by atoms with Gasteiger partial charge in [0.15, 0.2) is 0 Å². The van der Waals surface area contributed by atoms with E-state index in [0.717, 1.165) is 48.1 Å². The molecule has 2 N–H and O–H groups in total. The van der Waals surface area contributed by atoms with Crippen molar-refractivity contribution in [2.45, 2.75) is 58.2 Å². The van der Waals surface area contributed by atoms with Crippen molar-refractivity contribution in [3.63, 3.8) is 0 Å². The molecule has 0 spiro atoms. The smallest absolute Gasteiger partial charge is 0.219 e. The first-order chi connectivity index (χ1) is 14.7. The van der Waals surface area contributed by atoms with Gasteiger partial charge in [0.2, 0.25) is 5.91 Å². The number of benzene rings is 2. The summed E-state index contributed by atoms with van der Waals surface area (Å²) in [4.78, 5) is 13.7. The molecule has 31 heavy (non-hydrogen) atoms. The molecule has 2 atom stereocenters. The van der Waals surface area contributed by atoms with E-state index in [4.69, 9.17) is 5.10 Å². The maximum atomic E-state index is 11.7.